The third kappa shape index (κ3) is 2.83. The number of hydrogen-bond acceptors (Lipinski definition) is 3. The van der Waals surface area contributed by atoms with Gasteiger partial charge in [-0.1, -0.05) is 18.2 Å². The van der Waals surface area contributed by atoms with E-state index >= 15 is 0 Å². The van der Waals surface area contributed by atoms with Gasteiger partial charge in [-0.15, -0.1) is 0 Å². The fraction of sp³-hybridized carbons (Fsp3) is 0.375. The average Bonchev–Trinajstić information content (AvgIpc) is 2.88. The second kappa shape index (κ2) is 5.69. The van der Waals surface area contributed by atoms with Crippen molar-refractivity contribution >= 4 is 11.6 Å². The van der Waals surface area contributed by atoms with Crippen LogP contribution >= 0.6 is 0 Å². The third-order valence-corrected chi connectivity index (χ3v) is 3.69. The molecule has 1 aliphatic heterocycles. The van der Waals surface area contributed by atoms with Gasteiger partial charge < -0.3 is 10.2 Å². The monoisotopic (exact) mass is 284 g/mol. The van der Waals surface area contributed by atoms with Crippen LogP contribution in [0.15, 0.2) is 36.5 Å². The number of amides is 1. The van der Waals surface area contributed by atoms with Crippen molar-refractivity contribution in [3.8, 4) is 0 Å². The van der Waals surface area contributed by atoms with Crippen molar-refractivity contribution in [2.45, 2.75) is 33.0 Å². The maximum Gasteiger partial charge on any atom is 0.241 e. The molecule has 1 aromatic carbocycles. The highest BCUT2D eigenvalue weighted by molar-refractivity contribution is 5.96. The first-order valence-electron chi connectivity index (χ1n) is 7.28. The molecule has 5 heteroatoms. The SMILES string of the molecule is CC(C)n1ccc(CN2C(=O)CNCc3ccccc32)n1. The lowest BCUT2D eigenvalue weighted by atomic mass is 10.1. The molecular weight excluding hydrogens is 264 g/mol. The lowest BCUT2D eigenvalue weighted by Crippen LogP contribution is -2.35. The lowest BCUT2D eigenvalue weighted by molar-refractivity contribution is -0.117. The van der Waals surface area contributed by atoms with Crippen LogP contribution < -0.4 is 10.2 Å². The first kappa shape index (κ1) is 13.8. The molecule has 3 rings (SSSR count). The minimum Gasteiger partial charge on any atom is -0.305 e. The molecule has 0 unspecified atom stereocenters. The smallest absolute Gasteiger partial charge is 0.241 e. The number of carbonyl (C=O) groups is 1. The molecule has 0 spiro atoms. The first-order valence-corrected chi connectivity index (χ1v) is 7.28. The maximum atomic E-state index is 12.4. The van der Waals surface area contributed by atoms with Crippen molar-refractivity contribution in [3.05, 3.63) is 47.8 Å². The van der Waals surface area contributed by atoms with Crippen molar-refractivity contribution in [3.63, 3.8) is 0 Å². The molecule has 1 amide bonds. The van der Waals surface area contributed by atoms with Gasteiger partial charge in [-0.3, -0.25) is 9.48 Å². The van der Waals surface area contributed by atoms with Crippen LogP contribution in [0, 0.1) is 0 Å². The fourth-order valence-electron chi connectivity index (χ4n) is 2.54. The van der Waals surface area contributed by atoms with Gasteiger partial charge in [0.25, 0.3) is 0 Å². The summed E-state index contributed by atoms with van der Waals surface area (Å²) in [6.07, 6.45) is 1.96. The van der Waals surface area contributed by atoms with E-state index < -0.39 is 0 Å². The molecule has 2 heterocycles. The summed E-state index contributed by atoms with van der Waals surface area (Å²) < 4.78 is 1.92. The Morgan fingerprint density at radius 2 is 2.05 bits per heavy atom. The summed E-state index contributed by atoms with van der Waals surface area (Å²) in [5.41, 5.74) is 3.03. The number of fused-ring (bicyclic) bond motifs is 1. The van der Waals surface area contributed by atoms with Crippen LogP contribution in [0.4, 0.5) is 5.69 Å². The Hall–Kier alpha value is -2.14. The molecule has 1 aromatic heterocycles. The van der Waals surface area contributed by atoms with Gasteiger partial charge in [0.05, 0.1) is 18.8 Å². The highest BCUT2D eigenvalue weighted by Crippen LogP contribution is 2.24. The zero-order chi connectivity index (χ0) is 14.8. The molecular formula is C16H20N4O. The number of rotatable bonds is 3. The molecule has 0 aliphatic carbocycles. The zero-order valence-corrected chi connectivity index (χ0v) is 12.4. The van der Waals surface area contributed by atoms with Gasteiger partial charge in [-0.05, 0) is 31.5 Å². The van der Waals surface area contributed by atoms with Gasteiger partial charge >= 0.3 is 0 Å². The lowest BCUT2D eigenvalue weighted by Gasteiger charge is -2.21. The Morgan fingerprint density at radius 1 is 1.24 bits per heavy atom. The molecule has 0 radical (unpaired) electrons. The highest BCUT2D eigenvalue weighted by Gasteiger charge is 2.22. The number of nitrogens with zero attached hydrogens (tertiary/aromatic N) is 3. The van der Waals surface area contributed by atoms with Crippen LogP contribution in [0.2, 0.25) is 0 Å². The van der Waals surface area contributed by atoms with Crippen molar-refractivity contribution in [1.82, 2.24) is 15.1 Å². The predicted octanol–water partition coefficient (Wildman–Crippen LogP) is 2.10. The summed E-state index contributed by atoms with van der Waals surface area (Å²) in [5, 5.41) is 7.72. The Labute approximate surface area is 124 Å². The summed E-state index contributed by atoms with van der Waals surface area (Å²) >= 11 is 0. The molecule has 0 bridgehead atoms. The number of benzene rings is 1. The number of carbonyl (C=O) groups excluding carboxylic acids is 1. The number of para-hydroxylation sites is 1. The second-order valence-corrected chi connectivity index (χ2v) is 5.59. The normalized spacial score (nSPS) is 15.2. The molecule has 2 aromatic rings. The van der Waals surface area contributed by atoms with Gasteiger partial charge in [0.1, 0.15) is 0 Å². The topological polar surface area (TPSA) is 50.2 Å². The molecule has 1 aliphatic rings. The third-order valence-electron chi connectivity index (χ3n) is 3.69. The van der Waals surface area contributed by atoms with Crippen molar-refractivity contribution in [1.29, 1.82) is 0 Å². The summed E-state index contributed by atoms with van der Waals surface area (Å²) in [5.74, 6) is 0.0825. The second-order valence-electron chi connectivity index (χ2n) is 5.59. The van der Waals surface area contributed by atoms with E-state index in [4.69, 9.17) is 0 Å². The number of anilines is 1. The van der Waals surface area contributed by atoms with Crippen LogP contribution in [0.5, 0.6) is 0 Å². The maximum absolute atomic E-state index is 12.4. The van der Waals surface area contributed by atoms with Crippen molar-refractivity contribution in [2.75, 3.05) is 11.4 Å². The van der Waals surface area contributed by atoms with Crippen LogP contribution in [-0.2, 0) is 17.9 Å². The first-order chi connectivity index (χ1) is 10.1. The fourth-order valence-corrected chi connectivity index (χ4v) is 2.54. The number of aromatic nitrogens is 2. The molecule has 5 nitrogen and oxygen atoms in total. The summed E-state index contributed by atoms with van der Waals surface area (Å²) in [6.45, 7) is 5.77. The van der Waals surface area contributed by atoms with Crippen molar-refractivity contribution in [2.24, 2.45) is 0 Å². The Morgan fingerprint density at radius 3 is 2.81 bits per heavy atom. The zero-order valence-electron chi connectivity index (χ0n) is 12.4. The van der Waals surface area contributed by atoms with Gasteiger partial charge in [0.2, 0.25) is 5.91 Å². The van der Waals surface area contributed by atoms with E-state index in [0.717, 1.165) is 23.5 Å². The summed E-state index contributed by atoms with van der Waals surface area (Å²) in [4.78, 5) is 14.2. The van der Waals surface area contributed by atoms with Crippen LogP contribution in [0.25, 0.3) is 0 Å². The van der Waals surface area contributed by atoms with Gasteiger partial charge in [-0.2, -0.15) is 5.10 Å². The average molecular weight is 284 g/mol. The molecule has 21 heavy (non-hydrogen) atoms. The van der Waals surface area contributed by atoms with E-state index in [1.54, 1.807) is 0 Å². The molecule has 110 valence electrons. The van der Waals surface area contributed by atoms with Gasteiger partial charge in [0.15, 0.2) is 0 Å². The van der Waals surface area contributed by atoms with Crippen LogP contribution in [0.3, 0.4) is 0 Å². The Bertz CT molecular complexity index is 647. The molecule has 0 saturated carbocycles. The quantitative estimate of drug-likeness (QED) is 0.939. The largest absolute Gasteiger partial charge is 0.305 e. The Kier molecular flexibility index (Phi) is 3.75. The highest BCUT2D eigenvalue weighted by atomic mass is 16.2. The predicted molar refractivity (Wildman–Crippen MR) is 82.0 cm³/mol. The van der Waals surface area contributed by atoms with E-state index in [1.165, 1.54) is 0 Å². The van der Waals surface area contributed by atoms with Crippen molar-refractivity contribution < 1.29 is 4.79 Å². The van der Waals surface area contributed by atoms with E-state index in [-0.39, 0.29) is 5.91 Å². The van der Waals surface area contributed by atoms with E-state index in [9.17, 15) is 4.79 Å². The standard InChI is InChI=1S/C16H20N4O/c1-12(2)20-8-7-14(18-20)11-19-15-6-4-3-5-13(15)9-17-10-16(19)21/h3-8,12,17H,9-11H2,1-2H3. The van der Waals surface area contributed by atoms with E-state index in [0.29, 0.717) is 19.1 Å². The van der Waals surface area contributed by atoms with Crippen LogP contribution in [0.1, 0.15) is 31.1 Å². The molecule has 0 atom stereocenters. The van der Waals surface area contributed by atoms with E-state index in [2.05, 4.69) is 30.3 Å². The molecule has 1 N–H and O–H groups in total. The summed E-state index contributed by atoms with van der Waals surface area (Å²) in [6, 6.07) is 10.3. The van der Waals surface area contributed by atoms with Crippen LogP contribution in [-0.4, -0.2) is 22.2 Å². The van der Waals surface area contributed by atoms with Gasteiger partial charge in [0, 0.05) is 24.5 Å². The molecule has 0 saturated heterocycles. The minimum atomic E-state index is 0.0825. The Balaban J connectivity index is 1.90. The number of nitrogens with one attached hydrogen (secondary N) is 1. The minimum absolute atomic E-state index is 0.0825. The van der Waals surface area contributed by atoms with Gasteiger partial charge in [-0.25, -0.2) is 0 Å². The number of hydrogen-bond donors (Lipinski definition) is 1. The van der Waals surface area contributed by atoms with E-state index in [1.807, 2.05) is 40.0 Å². The summed E-state index contributed by atoms with van der Waals surface area (Å²) in [7, 11) is 0. The molecule has 0 fully saturated rings.